The second-order valence-electron chi connectivity index (χ2n) is 5.39. The van der Waals surface area contributed by atoms with Crippen LogP contribution in [0.4, 0.5) is 5.82 Å². The molecule has 1 fully saturated rings. The van der Waals surface area contributed by atoms with Crippen LogP contribution in [0.2, 0.25) is 0 Å². The van der Waals surface area contributed by atoms with Crippen molar-refractivity contribution in [2.45, 2.75) is 25.8 Å². The van der Waals surface area contributed by atoms with E-state index in [0.29, 0.717) is 30.8 Å². The molecule has 2 N–H and O–H groups in total. The van der Waals surface area contributed by atoms with Crippen molar-refractivity contribution in [2.75, 3.05) is 45.2 Å². The summed E-state index contributed by atoms with van der Waals surface area (Å²) in [6.07, 6.45) is 2.36. The Hall–Kier alpha value is -1.44. The first-order chi connectivity index (χ1) is 10.2. The number of carbonyl (C=O) groups excluding carboxylic acids is 1. The molecule has 0 aromatic carbocycles. The number of methoxy groups -OCH3 is 1. The van der Waals surface area contributed by atoms with E-state index < -0.39 is 0 Å². The van der Waals surface area contributed by atoms with Crippen LogP contribution in [-0.4, -0.2) is 61.9 Å². The molecule has 0 saturated carbocycles. The van der Waals surface area contributed by atoms with Crippen molar-refractivity contribution in [1.82, 2.24) is 15.4 Å². The molecule has 1 aliphatic heterocycles. The number of anilines is 1. The van der Waals surface area contributed by atoms with Crippen LogP contribution in [0, 0.1) is 6.92 Å². The molecule has 7 heteroatoms. The highest BCUT2D eigenvalue weighted by Gasteiger charge is 2.19. The third kappa shape index (κ3) is 5.45. The van der Waals surface area contributed by atoms with Crippen molar-refractivity contribution >= 4 is 11.7 Å². The van der Waals surface area contributed by atoms with Gasteiger partial charge in [-0.1, -0.05) is 5.16 Å². The number of nitrogens with one attached hydrogen (secondary N) is 2. The van der Waals surface area contributed by atoms with Crippen molar-refractivity contribution in [3.8, 4) is 0 Å². The maximum atomic E-state index is 12.1. The molecule has 7 nitrogen and oxygen atoms in total. The Labute approximate surface area is 125 Å². The SMILES string of the molecule is COCCN(CC(=O)Nc1cc(C)on1)CC1CCCN1. The predicted octanol–water partition coefficient (Wildman–Crippen LogP) is 0.622. The molecule has 1 aromatic heterocycles. The number of hydrogen-bond donors (Lipinski definition) is 2. The lowest BCUT2D eigenvalue weighted by Crippen LogP contribution is -2.43. The molecule has 1 aliphatic rings. The molecular formula is C14H24N4O3. The topological polar surface area (TPSA) is 79.6 Å². The molecule has 1 atom stereocenters. The monoisotopic (exact) mass is 296 g/mol. The second-order valence-corrected chi connectivity index (χ2v) is 5.39. The zero-order valence-corrected chi connectivity index (χ0v) is 12.7. The second kappa shape index (κ2) is 8.11. The number of aromatic nitrogens is 1. The van der Waals surface area contributed by atoms with E-state index in [1.807, 2.05) is 0 Å². The van der Waals surface area contributed by atoms with Gasteiger partial charge < -0.3 is 19.9 Å². The van der Waals surface area contributed by atoms with E-state index in [2.05, 4.69) is 20.7 Å². The van der Waals surface area contributed by atoms with Crippen LogP contribution in [0.25, 0.3) is 0 Å². The summed E-state index contributed by atoms with van der Waals surface area (Å²) in [5, 5.41) is 9.96. The number of ether oxygens (including phenoxy) is 1. The van der Waals surface area contributed by atoms with Crippen LogP contribution in [0.15, 0.2) is 10.6 Å². The van der Waals surface area contributed by atoms with Gasteiger partial charge in [-0.15, -0.1) is 0 Å². The number of rotatable bonds is 8. The molecule has 0 bridgehead atoms. The summed E-state index contributed by atoms with van der Waals surface area (Å²) in [5.41, 5.74) is 0. The summed E-state index contributed by atoms with van der Waals surface area (Å²) < 4.78 is 10.1. The lowest BCUT2D eigenvalue weighted by Gasteiger charge is -2.24. The molecule has 0 spiro atoms. The Balaban J connectivity index is 1.82. The zero-order valence-electron chi connectivity index (χ0n) is 12.7. The molecule has 1 aromatic rings. The smallest absolute Gasteiger partial charge is 0.239 e. The summed E-state index contributed by atoms with van der Waals surface area (Å²) in [6, 6.07) is 2.17. The van der Waals surface area contributed by atoms with Crippen LogP contribution in [0.1, 0.15) is 18.6 Å². The minimum Gasteiger partial charge on any atom is -0.383 e. The Morgan fingerprint density at radius 2 is 2.52 bits per heavy atom. The molecule has 2 heterocycles. The van der Waals surface area contributed by atoms with Gasteiger partial charge >= 0.3 is 0 Å². The van der Waals surface area contributed by atoms with Gasteiger partial charge in [-0.05, 0) is 26.3 Å². The van der Waals surface area contributed by atoms with Crippen molar-refractivity contribution < 1.29 is 14.1 Å². The number of carbonyl (C=O) groups is 1. The van der Waals surface area contributed by atoms with Gasteiger partial charge in [-0.3, -0.25) is 9.69 Å². The lowest BCUT2D eigenvalue weighted by molar-refractivity contribution is -0.117. The summed E-state index contributed by atoms with van der Waals surface area (Å²) in [7, 11) is 1.67. The largest absolute Gasteiger partial charge is 0.383 e. The summed E-state index contributed by atoms with van der Waals surface area (Å²) in [4.78, 5) is 14.2. The Morgan fingerprint density at radius 3 is 3.14 bits per heavy atom. The number of aryl methyl sites for hydroxylation is 1. The third-order valence-electron chi connectivity index (χ3n) is 3.52. The van der Waals surface area contributed by atoms with Gasteiger partial charge in [0.2, 0.25) is 5.91 Å². The fourth-order valence-corrected chi connectivity index (χ4v) is 2.49. The standard InChI is InChI=1S/C14H24N4O3/c1-11-8-13(17-21-11)16-14(19)10-18(6-7-20-2)9-12-4-3-5-15-12/h8,12,15H,3-7,9-10H2,1-2H3,(H,16,17,19). The first kappa shape index (κ1) is 15.9. The number of hydrogen-bond acceptors (Lipinski definition) is 6. The third-order valence-corrected chi connectivity index (χ3v) is 3.52. The van der Waals surface area contributed by atoms with Gasteiger partial charge in [-0.2, -0.15) is 0 Å². The zero-order chi connectivity index (χ0) is 15.1. The van der Waals surface area contributed by atoms with Crippen LogP contribution < -0.4 is 10.6 Å². The average Bonchev–Trinajstić information content (AvgIpc) is 3.08. The molecule has 0 aliphatic carbocycles. The van der Waals surface area contributed by atoms with Gasteiger partial charge in [0.1, 0.15) is 5.76 Å². The van der Waals surface area contributed by atoms with Gasteiger partial charge in [0.25, 0.3) is 0 Å². The molecule has 118 valence electrons. The van der Waals surface area contributed by atoms with E-state index in [9.17, 15) is 4.79 Å². The van der Waals surface area contributed by atoms with Gasteiger partial charge in [-0.25, -0.2) is 0 Å². The lowest BCUT2D eigenvalue weighted by atomic mass is 10.2. The van der Waals surface area contributed by atoms with E-state index in [1.54, 1.807) is 20.1 Å². The molecule has 1 unspecified atom stereocenters. The first-order valence-corrected chi connectivity index (χ1v) is 7.35. The highest BCUT2D eigenvalue weighted by Crippen LogP contribution is 2.09. The predicted molar refractivity (Wildman–Crippen MR) is 79.2 cm³/mol. The number of nitrogens with zero attached hydrogens (tertiary/aromatic N) is 2. The Bertz CT molecular complexity index is 443. The van der Waals surface area contributed by atoms with E-state index in [-0.39, 0.29) is 5.91 Å². The quantitative estimate of drug-likeness (QED) is 0.732. The first-order valence-electron chi connectivity index (χ1n) is 7.35. The van der Waals surface area contributed by atoms with E-state index in [0.717, 1.165) is 26.1 Å². The van der Waals surface area contributed by atoms with Crippen LogP contribution >= 0.6 is 0 Å². The fourth-order valence-electron chi connectivity index (χ4n) is 2.49. The summed E-state index contributed by atoms with van der Waals surface area (Å²) in [6.45, 7) is 5.39. The highest BCUT2D eigenvalue weighted by molar-refractivity contribution is 5.91. The summed E-state index contributed by atoms with van der Waals surface area (Å²) >= 11 is 0. The maximum Gasteiger partial charge on any atom is 0.239 e. The van der Waals surface area contributed by atoms with E-state index in [1.165, 1.54) is 6.42 Å². The minimum atomic E-state index is -0.0857. The molecule has 1 saturated heterocycles. The normalized spacial score (nSPS) is 18.3. The van der Waals surface area contributed by atoms with Crippen LogP contribution in [-0.2, 0) is 9.53 Å². The van der Waals surface area contributed by atoms with Crippen LogP contribution in [0.3, 0.4) is 0 Å². The van der Waals surface area contributed by atoms with E-state index >= 15 is 0 Å². The highest BCUT2D eigenvalue weighted by atomic mass is 16.5. The Morgan fingerprint density at radius 1 is 1.67 bits per heavy atom. The van der Waals surface area contributed by atoms with E-state index in [4.69, 9.17) is 9.26 Å². The maximum absolute atomic E-state index is 12.1. The van der Waals surface area contributed by atoms with Crippen molar-refractivity contribution in [3.05, 3.63) is 11.8 Å². The van der Waals surface area contributed by atoms with Gasteiger partial charge in [0.15, 0.2) is 5.82 Å². The molecule has 2 rings (SSSR count). The van der Waals surface area contributed by atoms with Crippen molar-refractivity contribution in [1.29, 1.82) is 0 Å². The fraction of sp³-hybridized carbons (Fsp3) is 0.714. The molecule has 21 heavy (non-hydrogen) atoms. The van der Waals surface area contributed by atoms with Gasteiger partial charge in [0.05, 0.1) is 13.2 Å². The minimum absolute atomic E-state index is 0.0857. The summed E-state index contributed by atoms with van der Waals surface area (Å²) in [5.74, 6) is 1.05. The Kier molecular flexibility index (Phi) is 6.16. The average molecular weight is 296 g/mol. The molecular weight excluding hydrogens is 272 g/mol. The molecule has 0 radical (unpaired) electrons. The molecule has 1 amide bonds. The van der Waals surface area contributed by atoms with Gasteiger partial charge in [0, 0.05) is 32.3 Å². The van der Waals surface area contributed by atoms with Crippen molar-refractivity contribution in [2.24, 2.45) is 0 Å². The number of amides is 1. The van der Waals surface area contributed by atoms with Crippen LogP contribution in [0.5, 0.6) is 0 Å². The van der Waals surface area contributed by atoms with Crippen molar-refractivity contribution in [3.63, 3.8) is 0 Å².